The van der Waals surface area contributed by atoms with Crippen molar-refractivity contribution in [1.29, 1.82) is 0 Å². The second-order valence-corrected chi connectivity index (χ2v) is 9.94. The first-order chi connectivity index (χ1) is 13.4. The Morgan fingerprint density at radius 3 is 2.57 bits per heavy atom. The summed E-state index contributed by atoms with van der Waals surface area (Å²) in [6, 6.07) is 6.97. The summed E-state index contributed by atoms with van der Waals surface area (Å²) in [6.45, 7) is 1.11. The second-order valence-electron chi connectivity index (χ2n) is 7.22. The number of benzene rings is 1. The van der Waals surface area contributed by atoms with Gasteiger partial charge in [-0.15, -0.1) is 0 Å². The summed E-state index contributed by atoms with van der Waals surface area (Å²) in [5.41, 5.74) is 2.44. The molecule has 28 heavy (non-hydrogen) atoms. The lowest BCUT2D eigenvalue weighted by atomic mass is 10.2. The molecule has 0 saturated carbocycles. The standard InChI is InChI=1S/C20H27N3O3S2/c1-22(2)19-8-7-17(28(25,26)23-11-4-3-5-12-23)14-18(19)21-20(24)9-6-16-10-13-27-15-16/h7-8,10,13-15H,3-6,9,11-12H2,1-2H3,(H,21,24). The Balaban J connectivity index is 1.80. The molecule has 0 bridgehead atoms. The van der Waals surface area contributed by atoms with Gasteiger partial charge in [-0.3, -0.25) is 4.79 Å². The van der Waals surface area contributed by atoms with E-state index in [4.69, 9.17) is 0 Å². The monoisotopic (exact) mass is 421 g/mol. The Hall–Kier alpha value is -1.90. The predicted molar refractivity (Wildman–Crippen MR) is 115 cm³/mol. The minimum absolute atomic E-state index is 0.123. The molecule has 152 valence electrons. The third kappa shape index (κ3) is 4.92. The van der Waals surface area contributed by atoms with Gasteiger partial charge in [0, 0.05) is 33.6 Å². The van der Waals surface area contributed by atoms with Crippen LogP contribution in [0.3, 0.4) is 0 Å². The van der Waals surface area contributed by atoms with Crippen molar-refractivity contribution in [2.45, 2.75) is 37.0 Å². The Kier molecular flexibility index (Phi) is 6.74. The Morgan fingerprint density at radius 2 is 1.93 bits per heavy atom. The maximum absolute atomic E-state index is 13.0. The van der Waals surface area contributed by atoms with Crippen LogP contribution in [0.2, 0.25) is 0 Å². The first kappa shape index (κ1) is 20.8. The maximum Gasteiger partial charge on any atom is 0.243 e. The number of nitrogens with one attached hydrogen (secondary N) is 1. The van der Waals surface area contributed by atoms with Crippen molar-refractivity contribution >= 4 is 38.6 Å². The highest BCUT2D eigenvalue weighted by molar-refractivity contribution is 7.89. The van der Waals surface area contributed by atoms with Gasteiger partial charge >= 0.3 is 0 Å². The highest BCUT2D eigenvalue weighted by Gasteiger charge is 2.27. The molecule has 3 rings (SSSR count). The van der Waals surface area contributed by atoms with Crippen molar-refractivity contribution in [2.24, 2.45) is 0 Å². The molecule has 0 spiro atoms. The summed E-state index contributed by atoms with van der Waals surface area (Å²) in [6.07, 6.45) is 3.87. The first-order valence-corrected chi connectivity index (χ1v) is 11.9. The summed E-state index contributed by atoms with van der Waals surface area (Å²) < 4.78 is 27.5. The van der Waals surface area contributed by atoms with Crippen molar-refractivity contribution in [3.8, 4) is 0 Å². The normalized spacial score (nSPS) is 15.4. The second kappa shape index (κ2) is 9.07. The van der Waals surface area contributed by atoms with Gasteiger partial charge in [-0.05, 0) is 59.9 Å². The molecule has 1 fully saturated rings. The van der Waals surface area contributed by atoms with Crippen LogP contribution in [0, 0.1) is 0 Å². The number of carbonyl (C=O) groups is 1. The van der Waals surface area contributed by atoms with Crippen molar-refractivity contribution in [1.82, 2.24) is 4.31 Å². The fraction of sp³-hybridized carbons (Fsp3) is 0.450. The molecule has 6 nitrogen and oxygen atoms in total. The van der Waals surface area contributed by atoms with Gasteiger partial charge in [0.05, 0.1) is 16.3 Å². The molecular weight excluding hydrogens is 394 g/mol. The summed E-state index contributed by atoms with van der Waals surface area (Å²) in [5, 5.41) is 6.93. The van der Waals surface area contributed by atoms with Gasteiger partial charge in [0.2, 0.25) is 15.9 Å². The van der Waals surface area contributed by atoms with E-state index in [1.165, 1.54) is 0 Å². The molecule has 1 aliphatic rings. The largest absolute Gasteiger partial charge is 0.376 e. The summed E-state index contributed by atoms with van der Waals surface area (Å²) >= 11 is 1.61. The van der Waals surface area contributed by atoms with Gasteiger partial charge in [0.25, 0.3) is 0 Å². The van der Waals surface area contributed by atoms with Gasteiger partial charge < -0.3 is 10.2 Å². The highest BCUT2D eigenvalue weighted by Crippen LogP contribution is 2.30. The number of rotatable bonds is 7. The van der Waals surface area contributed by atoms with Crippen LogP contribution in [0.25, 0.3) is 0 Å². The van der Waals surface area contributed by atoms with Crippen LogP contribution in [-0.2, 0) is 21.2 Å². The zero-order chi connectivity index (χ0) is 20.1. The molecule has 0 radical (unpaired) electrons. The lowest BCUT2D eigenvalue weighted by Gasteiger charge is -2.26. The van der Waals surface area contributed by atoms with E-state index in [0.717, 1.165) is 30.5 Å². The SMILES string of the molecule is CN(C)c1ccc(S(=O)(=O)N2CCCCC2)cc1NC(=O)CCc1ccsc1. The predicted octanol–water partition coefficient (Wildman–Crippen LogP) is 3.56. The van der Waals surface area contributed by atoms with E-state index in [2.05, 4.69) is 5.32 Å². The number of anilines is 2. The van der Waals surface area contributed by atoms with Crippen molar-refractivity contribution in [2.75, 3.05) is 37.4 Å². The number of thiophene rings is 1. The van der Waals surface area contributed by atoms with Crippen LogP contribution >= 0.6 is 11.3 Å². The van der Waals surface area contributed by atoms with Gasteiger partial charge in [-0.25, -0.2) is 8.42 Å². The average molecular weight is 422 g/mol. The molecule has 1 aromatic carbocycles. The number of piperidine rings is 1. The first-order valence-electron chi connectivity index (χ1n) is 9.50. The number of amides is 1. The number of hydrogen-bond donors (Lipinski definition) is 1. The molecule has 1 aliphatic heterocycles. The van der Waals surface area contributed by atoms with Crippen LogP contribution in [0.15, 0.2) is 39.9 Å². The Labute approximate surface area is 171 Å². The zero-order valence-electron chi connectivity index (χ0n) is 16.3. The van der Waals surface area contributed by atoms with Crippen LogP contribution in [0.4, 0.5) is 11.4 Å². The van der Waals surface area contributed by atoms with E-state index in [0.29, 0.717) is 31.6 Å². The van der Waals surface area contributed by atoms with E-state index < -0.39 is 10.0 Å². The minimum atomic E-state index is -3.55. The summed E-state index contributed by atoms with van der Waals surface area (Å²) in [7, 11) is 0.195. The zero-order valence-corrected chi connectivity index (χ0v) is 18.0. The average Bonchev–Trinajstić information content (AvgIpc) is 3.20. The molecular formula is C20H27N3O3S2. The molecule has 1 N–H and O–H groups in total. The molecule has 1 saturated heterocycles. The molecule has 1 amide bonds. The minimum Gasteiger partial charge on any atom is -0.376 e. The fourth-order valence-electron chi connectivity index (χ4n) is 3.33. The summed E-state index contributed by atoms with van der Waals surface area (Å²) in [4.78, 5) is 14.6. The van der Waals surface area contributed by atoms with Crippen molar-refractivity contribution in [3.05, 3.63) is 40.6 Å². The van der Waals surface area contributed by atoms with Gasteiger partial charge in [0.1, 0.15) is 0 Å². The number of nitrogens with zero attached hydrogens (tertiary/aromatic N) is 2. The quantitative estimate of drug-likeness (QED) is 0.742. The van der Waals surface area contributed by atoms with Gasteiger partial charge in [0.15, 0.2) is 0 Å². The molecule has 0 unspecified atom stereocenters. The van der Waals surface area contributed by atoms with E-state index in [9.17, 15) is 13.2 Å². The molecule has 8 heteroatoms. The Morgan fingerprint density at radius 1 is 1.18 bits per heavy atom. The Bertz CT molecular complexity index is 903. The number of sulfonamides is 1. The highest BCUT2D eigenvalue weighted by atomic mass is 32.2. The van der Waals surface area contributed by atoms with E-state index >= 15 is 0 Å². The molecule has 0 aliphatic carbocycles. The van der Waals surface area contributed by atoms with Crippen molar-refractivity contribution in [3.63, 3.8) is 0 Å². The smallest absolute Gasteiger partial charge is 0.243 e. The van der Waals surface area contributed by atoms with Gasteiger partial charge in [-0.2, -0.15) is 15.6 Å². The molecule has 1 aromatic heterocycles. The van der Waals surface area contributed by atoms with E-state index in [1.807, 2.05) is 35.8 Å². The van der Waals surface area contributed by atoms with E-state index in [1.54, 1.807) is 33.8 Å². The van der Waals surface area contributed by atoms with Gasteiger partial charge in [-0.1, -0.05) is 6.42 Å². The lowest BCUT2D eigenvalue weighted by molar-refractivity contribution is -0.116. The van der Waals surface area contributed by atoms with Crippen LogP contribution in [0.5, 0.6) is 0 Å². The third-order valence-electron chi connectivity index (χ3n) is 4.90. The fourth-order valence-corrected chi connectivity index (χ4v) is 5.57. The third-order valence-corrected chi connectivity index (χ3v) is 7.52. The van der Waals surface area contributed by atoms with Crippen LogP contribution < -0.4 is 10.2 Å². The lowest BCUT2D eigenvalue weighted by Crippen LogP contribution is -2.35. The van der Waals surface area contributed by atoms with Crippen molar-refractivity contribution < 1.29 is 13.2 Å². The topological polar surface area (TPSA) is 69.7 Å². The number of hydrogen-bond acceptors (Lipinski definition) is 5. The molecule has 2 heterocycles. The molecule has 0 atom stereocenters. The number of carbonyl (C=O) groups excluding carboxylic acids is 1. The van der Waals surface area contributed by atoms with Crippen LogP contribution in [0.1, 0.15) is 31.2 Å². The molecule has 2 aromatic rings. The maximum atomic E-state index is 13.0. The van der Waals surface area contributed by atoms with Crippen LogP contribution in [-0.4, -0.2) is 45.8 Å². The summed E-state index contributed by atoms with van der Waals surface area (Å²) in [5.74, 6) is -0.123. The number of aryl methyl sites for hydroxylation is 1. The van der Waals surface area contributed by atoms with E-state index in [-0.39, 0.29) is 10.8 Å².